The van der Waals surface area contributed by atoms with Crippen LogP contribution in [0.4, 0.5) is 0 Å². The first-order valence-electron chi connectivity index (χ1n) is 8.80. The average molecular weight is 553 g/mol. The number of aromatic nitrogens is 1. The third kappa shape index (κ3) is 8.16. The van der Waals surface area contributed by atoms with E-state index in [1.54, 1.807) is 36.6 Å². The van der Waals surface area contributed by atoms with E-state index in [1.807, 2.05) is 13.0 Å². The van der Waals surface area contributed by atoms with Gasteiger partial charge in [-0.05, 0) is 31.5 Å². The van der Waals surface area contributed by atoms with Crippen LogP contribution in [-0.4, -0.2) is 46.7 Å². The first kappa shape index (κ1) is 25.8. The Kier molecular flexibility index (Phi) is 11.0. The first-order chi connectivity index (χ1) is 13.4. The zero-order chi connectivity index (χ0) is 20.6. The molecule has 0 bridgehead atoms. The van der Waals surface area contributed by atoms with Gasteiger partial charge in [0.2, 0.25) is 10.0 Å². The van der Waals surface area contributed by atoms with Gasteiger partial charge in [-0.15, -0.1) is 35.3 Å². The largest absolute Gasteiger partial charge is 0.383 e. The smallest absolute Gasteiger partial charge is 0.240 e. The van der Waals surface area contributed by atoms with Crippen molar-refractivity contribution in [1.29, 1.82) is 0 Å². The molecule has 0 fully saturated rings. The fourth-order valence-electron chi connectivity index (χ4n) is 2.36. The van der Waals surface area contributed by atoms with Gasteiger partial charge in [0.05, 0.1) is 23.7 Å². The predicted octanol–water partition coefficient (Wildman–Crippen LogP) is 2.17. The summed E-state index contributed by atoms with van der Waals surface area (Å²) >= 11 is 1.66. The molecule has 11 heteroatoms. The molecule has 0 amide bonds. The van der Waals surface area contributed by atoms with Crippen molar-refractivity contribution in [3.8, 4) is 0 Å². The molecule has 1 heterocycles. The maximum atomic E-state index is 12.3. The van der Waals surface area contributed by atoms with E-state index in [0.29, 0.717) is 25.7 Å². The molecule has 0 saturated carbocycles. The molecule has 1 aromatic carbocycles. The molecule has 0 atom stereocenters. The summed E-state index contributed by atoms with van der Waals surface area (Å²) in [6, 6.07) is 6.79. The Balaban J connectivity index is 0.00000420. The Morgan fingerprint density at radius 3 is 2.59 bits per heavy atom. The summed E-state index contributed by atoms with van der Waals surface area (Å²) in [7, 11) is -0.343. The lowest BCUT2D eigenvalue weighted by atomic mass is 10.2. The molecule has 0 aliphatic heterocycles. The Labute approximate surface area is 193 Å². The van der Waals surface area contributed by atoms with Gasteiger partial charge in [-0.1, -0.05) is 12.1 Å². The zero-order valence-corrected chi connectivity index (χ0v) is 20.9. The Morgan fingerprint density at radius 1 is 1.24 bits per heavy atom. The van der Waals surface area contributed by atoms with Gasteiger partial charge in [0.15, 0.2) is 5.96 Å². The number of thiazole rings is 1. The Hall–Kier alpha value is -1.28. The van der Waals surface area contributed by atoms with Gasteiger partial charge >= 0.3 is 0 Å². The van der Waals surface area contributed by atoms with E-state index in [9.17, 15) is 8.42 Å². The summed E-state index contributed by atoms with van der Waals surface area (Å²) in [4.78, 5) is 10.1. The van der Waals surface area contributed by atoms with Crippen molar-refractivity contribution in [2.24, 2.45) is 4.99 Å². The second kappa shape index (κ2) is 12.4. The van der Waals surface area contributed by atoms with Crippen LogP contribution >= 0.6 is 35.3 Å². The van der Waals surface area contributed by atoms with Crippen LogP contribution in [0.3, 0.4) is 0 Å². The molecule has 162 valence electrons. The van der Waals surface area contributed by atoms with Crippen LogP contribution < -0.4 is 15.4 Å². The van der Waals surface area contributed by atoms with Crippen molar-refractivity contribution < 1.29 is 13.2 Å². The van der Waals surface area contributed by atoms with Crippen LogP contribution in [0.15, 0.2) is 34.2 Å². The summed E-state index contributed by atoms with van der Waals surface area (Å²) in [5, 5.41) is 7.40. The normalized spacial score (nSPS) is 11.8. The second-order valence-electron chi connectivity index (χ2n) is 6.07. The number of hydrogen-bond donors (Lipinski definition) is 3. The number of guanidine groups is 1. The van der Waals surface area contributed by atoms with Crippen LogP contribution in [-0.2, 0) is 27.8 Å². The lowest BCUT2D eigenvalue weighted by Crippen LogP contribution is -2.36. The van der Waals surface area contributed by atoms with Crippen LogP contribution in [0.1, 0.15) is 21.1 Å². The second-order valence-corrected chi connectivity index (χ2v) is 9.12. The van der Waals surface area contributed by atoms with Crippen LogP contribution in [0.2, 0.25) is 0 Å². The van der Waals surface area contributed by atoms with Gasteiger partial charge in [-0.2, -0.15) is 0 Å². The minimum Gasteiger partial charge on any atom is -0.383 e. The molecule has 0 saturated heterocycles. The van der Waals surface area contributed by atoms with E-state index in [2.05, 4.69) is 32.3 Å². The third-order valence-electron chi connectivity index (χ3n) is 3.97. The van der Waals surface area contributed by atoms with Crippen molar-refractivity contribution in [2.45, 2.75) is 31.8 Å². The summed E-state index contributed by atoms with van der Waals surface area (Å²) in [6.07, 6.45) is 0. The van der Waals surface area contributed by atoms with E-state index in [-0.39, 0.29) is 35.4 Å². The monoisotopic (exact) mass is 553 g/mol. The molecular formula is C18H28IN5O3S2. The molecule has 29 heavy (non-hydrogen) atoms. The van der Waals surface area contributed by atoms with Crippen LogP contribution in [0.5, 0.6) is 0 Å². The molecule has 0 aliphatic rings. The van der Waals surface area contributed by atoms with Gasteiger partial charge in [0, 0.05) is 32.1 Å². The van der Waals surface area contributed by atoms with E-state index in [4.69, 9.17) is 4.74 Å². The fraction of sp³-hybridized carbons (Fsp3) is 0.444. The zero-order valence-electron chi connectivity index (χ0n) is 17.0. The van der Waals surface area contributed by atoms with Crippen LogP contribution in [0, 0.1) is 13.8 Å². The summed E-state index contributed by atoms with van der Waals surface area (Å²) in [6.45, 7) is 5.62. The molecule has 0 aliphatic carbocycles. The lowest BCUT2D eigenvalue weighted by molar-refractivity contribution is 0.204. The number of aliphatic imine (C=N–C) groups is 1. The van der Waals surface area contributed by atoms with E-state index in [0.717, 1.165) is 16.3 Å². The van der Waals surface area contributed by atoms with Gasteiger partial charge in [-0.3, -0.25) is 4.99 Å². The molecular weight excluding hydrogens is 525 g/mol. The standard InChI is InChI=1S/C18H27N5O3S2.HI/c1-13-14(2)27-17(23-13)12-21-18(19-3)20-11-15-6-5-7-16(10-15)28(24,25)22-8-9-26-4;/h5-7,10,22H,8-9,11-12H2,1-4H3,(H2,19,20,21);1H. The number of nitrogens with one attached hydrogen (secondary N) is 3. The summed E-state index contributed by atoms with van der Waals surface area (Å²) < 4.78 is 32.0. The van der Waals surface area contributed by atoms with Crippen molar-refractivity contribution in [3.63, 3.8) is 0 Å². The molecule has 3 N–H and O–H groups in total. The van der Waals surface area contributed by atoms with Crippen molar-refractivity contribution in [1.82, 2.24) is 20.3 Å². The minimum absolute atomic E-state index is 0. The maximum absolute atomic E-state index is 12.3. The molecule has 8 nitrogen and oxygen atoms in total. The van der Waals surface area contributed by atoms with Crippen molar-refractivity contribution >= 4 is 51.3 Å². The highest BCUT2D eigenvalue weighted by molar-refractivity contribution is 14.0. The molecule has 2 aromatic rings. The average Bonchev–Trinajstić information content (AvgIpc) is 3.00. The number of ether oxygens (including phenoxy) is 1. The van der Waals surface area contributed by atoms with Crippen LogP contribution in [0.25, 0.3) is 0 Å². The first-order valence-corrected chi connectivity index (χ1v) is 11.1. The number of hydrogen-bond acceptors (Lipinski definition) is 6. The number of nitrogens with zero attached hydrogens (tertiary/aromatic N) is 2. The SMILES string of the molecule is CN=C(NCc1cccc(S(=O)(=O)NCCOC)c1)NCc1nc(C)c(C)s1.I. The quantitative estimate of drug-likeness (QED) is 0.190. The predicted molar refractivity (Wildman–Crippen MR) is 128 cm³/mol. The maximum Gasteiger partial charge on any atom is 0.240 e. The minimum atomic E-state index is -3.56. The summed E-state index contributed by atoms with van der Waals surface area (Å²) in [5.74, 6) is 0.622. The number of halogens is 1. The molecule has 0 spiro atoms. The van der Waals surface area contributed by atoms with Gasteiger partial charge < -0.3 is 15.4 Å². The number of aryl methyl sites for hydroxylation is 2. The lowest BCUT2D eigenvalue weighted by Gasteiger charge is -2.12. The summed E-state index contributed by atoms with van der Waals surface area (Å²) in [5.41, 5.74) is 1.88. The number of benzene rings is 1. The highest BCUT2D eigenvalue weighted by Crippen LogP contribution is 2.16. The van der Waals surface area contributed by atoms with E-state index in [1.165, 1.54) is 12.0 Å². The van der Waals surface area contributed by atoms with Gasteiger partial charge in [-0.25, -0.2) is 18.1 Å². The Morgan fingerprint density at radius 2 is 1.97 bits per heavy atom. The Bertz CT molecular complexity index is 896. The number of rotatable bonds is 9. The fourth-order valence-corrected chi connectivity index (χ4v) is 4.32. The van der Waals surface area contributed by atoms with E-state index >= 15 is 0 Å². The van der Waals surface area contributed by atoms with Gasteiger partial charge in [0.25, 0.3) is 0 Å². The number of methoxy groups -OCH3 is 1. The molecule has 0 radical (unpaired) electrons. The molecule has 0 unspecified atom stereocenters. The molecule has 2 rings (SSSR count). The third-order valence-corrected chi connectivity index (χ3v) is 6.50. The van der Waals surface area contributed by atoms with Crippen molar-refractivity contribution in [3.05, 3.63) is 45.4 Å². The highest BCUT2D eigenvalue weighted by atomic mass is 127. The molecule has 1 aromatic heterocycles. The van der Waals surface area contributed by atoms with E-state index < -0.39 is 10.0 Å². The highest BCUT2D eigenvalue weighted by Gasteiger charge is 2.13. The van der Waals surface area contributed by atoms with Crippen molar-refractivity contribution in [2.75, 3.05) is 27.3 Å². The number of sulfonamides is 1. The van der Waals surface area contributed by atoms with Gasteiger partial charge in [0.1, 0.15) is 5.01 Å². The topological polar surface area (TPSA) is 105 Å².